The van der Waals surface area contributed by atoms with Crippen LogP contribution < -0.4 is 10.6 Å². The average Bonchev–Trinajstić information content (AvgIpc) is 2.15. The number of nitrogens with zero attached hydrogens (tertiary/aromatic N) is 1. The van der Waals surface area contributed by atoms with Gasteiger partial charge in [0.15, 0.2) is 0 Å². The first kappa shape index (κ1) is 16.2. The van der Waals surface area contributed by atoms with Crippen molar-refractivity contribution in [3.8, 4) is 0 Å². The SMILES string of the molecule is CC(Cl)C(=O)NC(=O)NC(CN(C)C)C(C)C. The third kappa shape index (κ3) is 7.18. The monoisotopic (exact) mass is 263 g/mol. The number of hydrogen-bond acceptors (Lipinski definition) is 3. The van der Waals surface area contributed by atoms with Gasteiger partial charge in [-0.2, -0.15) is 0 Å². The molecule has 0 bridgehead atoms. The van der Waals surface area contributed by atoms with Crippen molar-refractivity contribution in [2.24, 2.45) is 5.92 Å². The molecular weight excluding hydrogens is 242 g/mol. The number of halogens is 1. The molecule has 5 nitrogen and oxygen atoms in total. The number of alkyl halides is 1. The fourth-order valence-corrected chi connectivity index (χ4v) is 1.29. The van der Waals surface area contributed by atoms with Crippen LogP contribution in [-0.4, -0.2) is 48.9 Å². The predicted octanol–water partition coefficient (Wildman–Crippen LogP) is 1.03. The smallest absolute Gasteiger partial charge is 0.321 e. The Labute approximate surface area is 108 Å². The molecule has 2 unspecified atom stereocenters. The van der Waals surface area contributed by atoms with Gasteiger partial charge < -0.3 is 10.2 Å². The Kier molecular flexibility index (Phi) is 7.15. The molecule has 0 aliphatic rings. The molecule has 2 atom stereocenters. The van der Waals surface area contributed by atoms with Crippen LogP contribution in [0.15, 0.2) is 0 Å². The number of carbonyl (C=O) groups excluding carboxylic acids is 2. The summed E-state index contributed by atoms with van der Waals surface area (Å²) in [5.74, 6) is -0.205. The van der Waals surface area contributed by atoms with Crippen LogP contribution >= 0.6 is 11.6 Å². The van der Waals surface area contributed by atoms with Crippen LogP contribution in [0.4, 0.5) is 4.79 Å². The summed E-state index contributed by atoms with van der Waals surface area (Å²) in [5.41, 5.74) is 0. The van der Waals surface area contributed by atoms with Crippen molar-refractivity contribution < 1.29 is 9.59 Å². The Morgan fingerprint density at radius 2 is 1.76 bits per heavy atom. The highest BCUT2D eigenvalue weighted by Gasteiger charge is 2.19. The molecule has 0 aromatic heterocycles. The lowest BCUT2D eigenvalue weighted by molar-refractivity contribution is -0.119. The molecule has 0 heterocycles. The minimum Gasteiger partial charge on any atom is -0.334 e. The van der Waals surface area contributed by atoms with Crippen molar-refractivity contribution in [2.45, 2.75) is 32.2 Å². The van der Waals surface area contributed by atoms with Crippen molar-refractivity contribution in [1.29, 1.82) is 0 Å². The predicted molar refractivity (Wildman–Crippen MR) is 69.2 cm³/mol. The molecule has 2 N–H and O–H groups in total. The molecule has 0 saturated heterocycles. The molecule has 0 aromatic carbocycles. The van der Waals surface area contributed by atoms with Crippen LogP contribution in [0.5, 0.6) is 0 Å². The van der Waals surface area contributed by atoms with E-state index in [0.717, 1.165) is 6.54 Å². The maximum Gasteiger partial charge on any atom is 0.321 e. The first-order chi connectivity index (χ1) is 7.73. The minimum atomic E-state index is -0.716. The van der Waals surface area contributed by atoms with Crippen LogP contribution in [0.25, 0.3) is 0 Å². The third-order valence-corrected chi connectivity index (χ3v) is 2.48. The van der Waals surface area contributed by atoms with Crippen molar-refractivity contribution in [3.63, 3.8) is 0 Å². The van der Waals surface area contributed by atoms with Crippen LogP contribution in [0.1, 0.15) is 20.8 Å². The van der Waals surface area contributed by atoms with Crippen molar-refractivity contribution in [1.82, 2.24) is 15.5 Å². The molecule has 6 heteroatoms. The highest BCUT2D eigenvalue weighted by atomic mass is 35.5. The summed E-state index contributed by atoms with van der Waals surface area (Å²) in [4.78, 5) is 24.7. The molecule has 3 amide bonds. The van der Waals surface area contributed by atoms with Crippen molar-refractivity contribution >= 4 is 23.5 Å². The largest absolute Gasteiger partial charge is 0.334 e. The number of hydrogen-bond donors (Lipinski definition) is 2. The first-order valence-electron chi connectivity index (χ1n) is 5.64. The van der Waals surface area contributed by atoms with Gasteiger partial charge in [-0.1, -0.05) is 13.8 Å². The van der Waals surface area contributed by atoms with Gasteiger partial charge in [-0.25, -0.2) is 4.79 Å². The van der Waals surface area contributed by atoms with Gasteiger partial charge in [0.05, 0.1) is 0 Å². The van der Waals surface area contributed by atoms with E-state index in [9.17, 15) is 9.59 Å². The molecule has 100 valence electrons. The summed E-state index contributed by atoms with van der Waals surface area (Å²) < 4.78 is 0. The van der Waals surface area contributed by atoms with Crippen molar-refractivity contribution in [2.75, 3.05) is 20.6 Å². The maximum absolute atomic E-state index is 11.5. The molecule has 0 saturated carbocycles. The first-order valence-corrected chi connectivity index (χ1v) is 6.07. The molecule has 0 aliphatic heterocycles. The Hall–Kier alpha value is -0.810. The number of amides is 3. The number of urea groups is 1. The lowest BCUT2D eigenvalue weighted by Crippen LogP contribution is -2.51. The zero-order valence-corrected chi connectivity index (χ0v) is 11.8. The van der Waals surface area contributed by atoms with E-state index < -0.39 is 17.3 Å². The van der Waals surface area contributed by atoms with Gasteiger partial charge in [0.1, 0.15) is 5.38 Å². The number of imide groups is 1. The van der Waals surface area contributed by atoms with Crippen LogP contribution in [0, 0.1) is 5.92 Å². The van der Waals surface area contributed by atoms with Gasteiger partial charge in [0, 0.05) is 12.6 Å². The summed E-state index contributed by atoms with van der Waals surface area (Å²) in [6.45, 7) is 6.26. The summed E-state index contributed by atoms with van der Waals surface area (Å²) in [6, 6.07) is -0.508. The Balaban J connectivity index is 4.26. The van der Waals surface area contributed by atoms with Gasteiger partial charge in [-0.05, 0) is 26.9 Å². The van der Waals surface area contributed by atoms with Gasteiger partial charge in [-0.15, -0.1) is 11.6 Å². The van der Waals surface area contributed by atoms with Crippen LogP contribution in [0.3, 0.4) is 0 Å². The lowest BCUT2D eigenvalue weighted by Gasteiger charge is -2.25. The molecule has 0 aromatic rings. The molecular formula is C11H22ClN3O2. The van der Waals surface area contributed by atoms with Crippen LogP contribution in [-0.2, 0) is 4.79 Å². The second kappa shape index (κ2) is 7.50. The number of carbonyl (C=O) groups is 2. The Bertz CT molecular complexity index is 267. The highest BCUT2D eigenvalue weighted by Crippen LogP contribution is 2.02. The number of rotatable bonds is 5. The number of nitrogens with one attached hydrogen (secondary N) is 2. The van der Waals surface area contributed by atoms with Crippen LogP contribution in [0.2, 0.25) is 0 Å². The van der Waals surface area contributed by atoms with E-state index in [1.807, 2.05) is 32.8 Å². The van der Waals surface area contributed by atoms with Gasteiger partial charge in [-0.3, -0.25) is 10.1 Å². The van der Waals surface area contributed by atoms with Gasteiger partial charge in [0.2, 0.25) is 5.91 Å². The second-order valence-corrected chi connectivity index (χ2v) is 5.35. The van der Waals surface area contributed by atoms with E-state index in [-0.39, 0.29) is 12.0 Å². The van der Waals surface area contributed by atoms with Crippen molar-refractivity contribution in [3.05, 3.63) is 0 Å². The molecule has 0 radical (unpaired) electrons. The minimum absolute atomic E-state index is 0.0107. The Morgan fingerprint density at radius 1 is 1.24 bits per heavy atom. The second-order valence-electron chi connectivity index (χ2n) is 4.69. The van der Waals surface area contributed by atoms with Gasteiger partial charge in [0.25, 0.3) is 0 Å². The van der Waals surface area contributed by atoms with E-state index in [1.54, 1.807) is 0 Å². The number of likely N-dealkylation sites (N-methyl/N-ethyl adjacent to an activating group) is 1. The quantitative estimate of drug-likeness (QED) is 0.729. The summed E-state index contributed by atoms with van der Waals surface area (Å²) in [6.07, 6.45) is 0. The normalized spacial score (nSPS) is 14.6. The Morgan fingerprint density at radius 3 is 2.12 bits per heavy atom. The van der Waals surface area contributed by atoms with Gasteiger partial charge >= 0.3 is 6.03 Å². The molecule has 0 rings (SSSR count). The molecule has 17 heavy (non-hydrogen) atoms. The van der Waals surface area contributed by atoms with E-state index >= 15 is 0 Å². The standard InChI is InChI=1S/C11H22ClN3O2/c1-7(2)9(6-15(4)5)13-11(17)14-10(16)8(3)12/h7-9H,6H2,1-5H3,(H2,13,14,16,17). The van der Waals surface area contributed by atoms with E-state index in [1.165, 1.54) is 6.92 Å². The highest BCUT2D eigenvalue weighted by molar-refractivity contribution is 6.31. The molecule has 0 aliphatic carbocycles. The lowest BCUT2D eigenvalue weighted by atomic mass is 10.0. The topological polar surface area (TPSA) is 61.4 Å². The molecule has 0 fully saturated rings. The molecule has 0 spiro atoms. The fourth-order valence-electron chi connectivity index (χ4n) is 1.23. The zero-order chi connectivity index (χ0) is 13.6. The van der Waals surface area contributed by atoms with E-state index in [2.05, 4.69) is 10.6 Å². The fraction of sp³-hybridized carbons (Fsp3) is 0.818. The third-order valence-electron chi connectivity index (χ3n) is 2.28. The average molecular weight is 264 g/mol. The van der Waals surface area contributed by atoms with E-state index in [4.69, 9.17) is 11.6 Å². The summed E-state index contributed by atoms with van der Waals surface area (Å²) >= 11 is 5.56. The summed E-state index contributed by atoms with van der Waals surface area (Å²) in [7, 11) is 3.86. The zero-order valence-electron chi connectivity index (χ0n) is 11.1. The van der Waals surface area contributed by atoms with E-state index in [0.29, 0.717) is 0 Å². The maximum atomic E-state index is 11.5. The summed E-state index contributed by atoms with van der Waals surface area (Å²) in [5, 5.41) is 4.25.